The van der Waals surface area contributed by atoms with Crippen molar-refractivity contribution in [2.75, 3.05) is 6.61 Å². The second-order valence-corrected chi connectivity index (χ2v) is 8.10. The smallest absolute Gasteiger partial charge is 0.345 e. The number of rotatable bonds is 7. The molecule has 0 saturated carbocycles. The minimum atomic E-state index is -0.568. The molecule has 3 rings (SSSR count). The molecule has 3 aromatic rings. The zero-order valence-electron chi connectivity index (χ0n) is 15.8. The van der Waals surface area contributed by atoms with Crippen molar-refractivity contribution >= 4 is 63.9 Å². The van der Waals surface area contributed by atoms with Crippen LogP contribution in [0.2, 0.25) is 10.0 Å². The van der Waals surface area contributed by atoms with E-state index < -0.39 is 11.9 Å². The molecule has 0 heterocycles. The van der Waals surface area contributed by atoms with Gasteiger partial charge < -0.3 is 9.47 Å². The molecule has 0 saturated heterocycles. The van der Waals surface area contributed by atoms with Crippen molar-refractivity contribution < 1.29 is 19.1 Å². The molecule has 0 radical (unpaired) electrons. The Labute approximate surface area is 202 Å². The molecule has 9 heteroatoms. The number of hydrogen-bond donors (Lipinski definition) is 1. The number of halogens is 3. The molecule has 1 amide bonds. The van der Waals surface area contributed by atoms with E-state index >= 15 is 0 Å². The standard InChI is InChI=1S/C22H15Cl2IN2O4/c23-15-8-9-20(19(25)11-15)30-13-21(28)27-26-12-14-4-3-5-16(10-14)31-22(29)17-6-1-2-7-18(17)24/h1-12H,13H2,(H,27,28)/b26-12-. The Balaban J connectivity index is 1.53. The minimum absolute atomic E-state index is 0.204. The van der Waals surface area contributed by atoms with Crippen LogP contribution in [0.1, 0.15) is 15.9 Å². The van der Waals surface area contributed by atoms with Crippen molar-refractivity contribution in [1.82, 2.24) is 5.43 Å². The Morgan fingerprint density at radius 1 is 1.03 bits per heavy atom. The number of nitrogens with one attached hydrogen (secondary N) is 1. The SMILES string of the molecule is O=C(COc1ccc(Cl)cc1I)N/N=C\c1cccc(OC(=O)c2ccccc2Cl)c1. The van der Waals surface area contributed by atoms with Gasteiger partial charge in [0.25, 0.3) is 5.91 Å². The van der Waals surface area contributed by atoms with Gasteiger partial charge in [0.05, 0.1) is 20.4 Å². The first kappa shape index (κ1) is 23.1. The Hall–Kier alpha value is -2.62. The Kier molecular flexibility index (Phi) is 8.27. The summed E-state index contributed by atoms with van der Waals surface area (Å²) in [6.07, 6.45) is 1.43. The Bertz CT molecular complexity index is 1140. The first-order valence-electron chi connectivity index (χ1n) is 8.89. The van der Waals surface area contributed by atoms with Gasteiger partial charge in [-0.15, -0.1) is 0 Å². The molecule has 3 aromatic carbocycles. The molecule has 0 fully saturated rings. The topological polar surface area (TPSA) is 77.0 Å². The van der Waals surface area contributed by atoms with Gasteiger partial charge in [-0.25, -0.2) is 10.2 Å². The lowest BCUT2D eigenvalue weighted by molar-refractivity contribution is -0.123. The summed E-state index contributed by atoms with van der Waals surface area (Å²) in [5, 5.41) is 4.79. The molecular formula is C22H15Cl2IN2O4. The molecule has 6 nitrogen and oxygen atoms in total. The average Bonchev–Trinajstić information content (AvgIpc) is 2.73. The highest BCUT2D eigenvalue weighted by Gasteiger charge is 2.12. The maximum atomic E-state index is 12.3. The number of ether oxygens (including phenoxy) is 2. The summed E-state index contributed by atoms with van der Waals surface area (Å²) in [7, 11) is 0. The third-order valence-corrected chi connectivity index (χ3v) is 5.23. The zero-order valence-corrected chi connectivity index (χ0v) is 19.5. The lowest BCUT2D eigenvalue weighted by Crippen LogP contribution is -2.24. The lowest BCUT2D eigenvalue weighted by Gasteiger charge is -2.07. The number of esters is 1. The highest BCUT2D eigenvalue weighted by molar-refractivity contribution is 14.1. The van der Waals surface area contributed by atoms with Crippen molar-refractivity contribution in [3.63, 3.8) is 0 Å². The van der Waals surface area contributed by atoms with Crippen LogP contribution in [-0.4, -0.2) is 24.7 Å². The maximum Gasteiger partial charge on any atom is 0.345 e. The van der Waals surface area contributed by atoms with Crippen LogP contribution in [0.15, 0.2) is 71.8 Å². The van der Waals surface area contributed by atoms with E-state index in [1.807, 2.05) is 0 Å². The lowest BCUT2D eigenvalue weighted by atomic mass is 10.2. The fourth-order valence-electron chi connectivity index (χ4n) is 2.39. The number of hydrogen-bond acceptors (Lipinski definition) is 5. The zero-order chi connectivity index (χ0) is 22.2. The van der Waals surface area contributed by atoms with Crippen LogP contribution in [-0.2, 0) is 4.79 Å². The van der Waals surface area contributed by atoms with E-state index in [4.69, 9.17) is 32.7 Å². The van der Waals surface area contributed by atoms with Crippen LogP contribution in [0.4, 0.5) is 0 Å². The molecule has 158 valence electrons. The largest absolute Gasteiger partial charge is 0.483 e. The fraction of sp³-hybridized carbons (Fsp3) is 0.0455. The average molecular weight is 569 g/mol. The number of amides is 1. The van der Waals surface area contributed by atoms with Crippen molar-refractivity contribution in [2.45, 2.75) is 0 Å². The van der Waals surface area contributed by atoms with E-state index in [0.29, 0.717) is 27.1 Å². The van der Waals surface area contributed by atoms with Gasteiger partial charge in [-0.2, -0.15) is 5.10 Å². The number of carbonyl (C=O) groups is 2. The molecule has 1 N–H and O–H groups in total. The van der Waals surface area contributed by atoms with Crippen LogP contribution < -0.4 is 14.9 Å². The third kappa shape index (κ3) is 6.95. The number of carbonyl (C=O) groups excluding carboxylic acids is 2. The van der Waals surface area contributed by atoms with E-state index in [1.54, 1.807) is 66.7 Å². The first-order chi connectivity index (χ1) is 14.9. The third-order valence-electron chi connectivity index (χ3n) is 3.82. The summed E-state index contributed by atoms with van der Waals surface area (Å²) in [6, 6.07) is 18.4. The van der Waals surface area contributed by atoms with Crippen molar-refractivity contribution in [3.05, 3.63) is 91.5 Å². The number of nitrogens with zero attached hydrogens (tertiary/aromatic N) is 1. The molecule has 0 aromatic heterocycles. The van der Waals surface area contributed by atoms with Gasteiger partial charge in [0, 0.05) is 5.02 Å². The van der Waals surface area contributed by atoms with Crippen LogP contribution in [0.5, 0.6) is 11.5 Å². The van der Waals surface area contributed by atoms with E-state index in [0.717, 1.165) is 3.57 Å². The van der Waals surface area contributed by atoms with Gasteiger partial charge in [-0.3, -0.25) is 4.79 Å². The van der Waals surface area contributed by atoms with Crippen molar-refractivity contribution in [3.8, 4) is 11.5 Å². The fourth-order valence-corrected chi connectivity index (χ4v) is 3.63. The summed E-state index contributed by atoms with van der Waals surface area (Å²) in [4.78, 5) is 24.2. The second-order valence-electron chi connectivity index (χ2n) is 6.10. The highest BCUT2D eigenvalue weighted by atomic mass is 127. The van der Waals surface area contributed by atoms with Gasteiger partial charge in [0.2, 0.25) is 0 Å². The molecule has 0 spiro atoms. The predicted octanol–water partition coefficient (Wildman–Crippen LogP) is 5.35. The minimum Gasteiger partial charge on any atom is -0.483 e. The molecule has 0 aliphatic heterocycles. The molecule has 0 unspecified atom stereocenters. The van der Waals surface area contributed by atoms with Crippen LogP contribution in [0, 0.1) is 3.57 Å². The van der Waals surface area contributed by atoms with Crippen LogP contribution in [0.3, 0.4) is 0 Å². The first-order valence-corrected chi connectivity index (χ1v) is 10.7. The molecule has 0 aliphatic rings. The summed E-state index contributed by atoms with van der Waals surface area (Å²) in [5.74, 6) is -0.122. The number of hydrazone groups is 1. The summed E-state index contributed by atoms with van der Waals surface area (Å²) in [6.45, 7) is -0.204. The molecule has 0 aliphatic carbocycles. The molecule has 0 atom stereocenters. The summed E-state index contributed by atoms with van der Waals surface area (Å²) >= 11 is 14.0. The summed E-state index contributed by atoms with van der Waals surface area (Å²) in [5.41, 5.74) is 3.27. The van der Waals surface area contributed by atoms with Gasteiger partial charge in [0.15, 0.2) is 6.61 Å². The summed E-state index contributed by atoms with van der Waals surface area (Å²) < 4.78 is 11.6. The monoisotopic (exact) mass is 568 g/mol. The van der Waals surface area contributed by atoms with E-state index in [-0.39, 0.29) is 12.2 Å². The van der Waals surface area contributed by atoms with Gasteiger partial charge in [0.1, 0.15) is 11.5 Å². The normalized spacial score (nSPS) is 10.7. The second kappa shape index (κ2) is 11.1. The Morgan fingerprint density at radius 2 is 1.84 bits per heavy atom. The highest BCUT2D eigenvalue weighted by Crippen LogP contribution is 2.24. The van der Waals surface area contributed by atoms with E-state index in [1.165, 1.54) is 6.21 Å². The molecule has 31 heavy (non-hydrogen) atoms. The Morgan fingerprint density at radius 3 is 2.61 bits per heavy atom. The maximum absolute atomic E-state index is 12.3. The number of benzene rings is 3. The van der Waals surface area contributed by atoms with Crippen molar-refractivity contribution in [2.24, 2.45) is 5.10 Å². The van der Waals surface area contributed by atoms with Gasteiger partial charge in [-0.1, -0.05) is 47.5 Å². The predicted molar refractivity (Wildman–Crippen MR) is 128 cm³/mol. The van der Waals surface area contributed by atoms with Crippen LogP contribution in [0.25, 0.3) is 0 Å². The van der Waals surface area contributed by atoms with Crippen molar-refractivity contribution in [1.29, 1.82) is 0 Å². The van der Waals surface area contributed by atoms with E-state index in [9.17, 15) is 9.59 Å². The molecule has 0 bridgehead atoms. The van der Waals surface area contributed by atoms with Gasteiger partial charge >= 0.3 is 5.97 Å². The van der Waals surface area contributed by atoms with Crippen LogP contribution >= 0.6 is 45.8 Å². The quantitative estimate of drug-likeness (QED) is 0.137. The van der Waals surface area contributed by atoms with Gasteiger partial charge in [-0.05, 0) is 70.6 Å². The van der Waals surface area contributed by atoms with E-state index in [2.05, 4.69) is 33.1 Å². The molecular weight excluding hydrogens is 554 g/mol.